The van der Waals surface area contributed by atoms with E-state index in [2.05, 4.69) is 0 Å². The lowest BCUT2D eigenvalue weighted by atomic mass is 10.3. The summed E-state index contributed by atoms with van der Waals surface area (Å²) >= 11 is 0. The summed E-state index contributed by atoms with van der Waals surface area (Å²) in [5, 5.41) is 10.1. The zero-order valence-corrected chi connectivity index (χ0v) is 3.96. The fourth-order valence-corrected chi connectivity index (χ4v) is 0.397. The van der Waals surface area contributed by atoms with E-state index in [1.54, 1.807) is 0 Å². The van der Waals surface area contributed by atoms with Crippen LogP contribution in [0.4, 0.5) is 13.2 Å². The Bertz CT molecular complexity index is 99.1. The van der Waals surface area contributed by atoms with Crippen LogP contribution in [0.2, 0.25) is 0 Å². The van der Waals surface area contributed by atoms with Crippen molar-refractivity contribution >= 4 is 0 Å². The molecule has 1 aliphatic rings. The van der Waals surface area contributed by atoms with E-state index in [-0.39, 0.29) is 12.8 Å². The second-order valence-corrected chi connectivity index (χ2v) is 1.99. The standard InChI is InChI=1S/C4H4F3O/c5-4(6,7)3(8)1-2-3/h1-2H2. The van der Waals surface area contributed by atoms with Crippen LogP contribution >= 0.6 is 0 Å². The van der Waals surface area contributed by atoms with Crippen molar-refractivity contribution in [3.63, 3.8) is 0 Å². The summed E-state index contributed by atoms with van der Waals surface area (Å²) in [5.74, 6) is 0. The molecule has 0 saturated heterocycles. The van der Waals surface area contributed by atoms with E-state index in [1.165, 1.54) is 0 Å². The predicted octanol–water partition coefficient (Wildman–Crippen LogP) is 1.51. The van der Waals surface area contributed by atoms with E-state index in [9.17, 15) is 18.3 Å². The first-order valence-corrected chi connectivity index (χ1v) is 2.23. The fraction of sp³-hybridized carbons (Fsp3) is 1.00. The van der Waals surface area contributed by atoms with Crippen LogP contribution in [0.25, 0.3) is 0 Å². The highest BCUT2D eigenvalue weighted by atomic mass is 19.4. The Kier molecular flexibility index (Phi) is 0.867. The number of alkyl halides is 3. The maximum Gasteiger partial charge on any atom is 0.420 e. The quantitative estimate of drug-likeness (QED) is 0.467. The molecule has 0 aromatic carbocycles. The Balaban J connectivity index is 2.58. The van der Waals surface area contributed by atoms with E-state index in [4.69, 9.17) is 0 Å². The molecule has 1 saturated carbocycles. The topological polar surface area (TPSA) is 19.9 Å². The molecule has 0 N–H and O–H groups in total. The Hall–Kier alpha value is -0.250. The van der Waals surface area contributed by atoms with Crippen molar-refractivity contribution in [1.29, 1.82) is 0 Å². The Morgan fingerprint density at radius 3 is 1.62 bits per heavy atom. The molecule has 1 nitrogen and oxygen atoms in total. The minimum Gasteiger partial charge on any atom is -0.219 e. The van der Waals surface area contributed by atoms with Crippen LogP contribution in [0.3, 0.4) is 0 Å². The van der Waals surface area contributed by atoms with Gasteiger partial charge in [-0.25, -0.2) is 5.11 Å². The second-order valence-electron chi connectivity index (χ2n) is 1.99. The molecule has 0 heterocycles. The summed E-state index contributed by atoms with van der Waals surface area (Å²) in [7, 11) is 0. The van der Waals surface area contributed by atoms with E-state index in [1.807, 2.05) is 0 Å². The van der Waals surface area contributed by atoms with Gasteiger partial charge in [-0.2, -0.15) is 13.2 Å². The largest absolute Gasteiger partial charge is 0.420 e. The van der Waals surface area contributed by atoms with Gasteiger partial charge in [0.15, 0.2) is 5.60 Å². The molecule has 47 valence electrons. The van der Waals surface area contributed by atoms with Gasteiger partial charge in [0, 0.05) is 0 Å². The summed E-state index contributed by atoms with van der Waals surface area (Å²) in [6.07, 6.45) is -4.99. The SMILES string of the molecule is [O]C1(C(F)(F)F)CC1. The summed E-state index contributed by atoms with van der Waals surface area (Å²) in [4.78, 5) is 0. The Morgan fingerprint density at radius 2 is 1.62 bits per heavy atom. The second kappa shape index (κ2) is 1.18. The van der Waals surface area contributed by atoms with Gasteiger partial charge in [0.2, 0.25) is 0 Å². The smallest absolute Gasteiger partial charge is 0.219 e. The zero-order valence-electron chi connectivity index (χ0n) is 3.96. The molecular weight excluding hydrogens is 121 g/mol. The molecule has 0 atom stereocenters. The molecule has 0 aliphatic heterocycles. The van der Waals surface area contributed by atoms with Gasteiger partial charge in [-0.15, -0.1) is 0 Å². The van der Waals surface area contributed by atoms with Crippen LogP contribution in [-0.4, -0.2) is 11.8 Å². The van der Waals surface area contributed by atoms with Gasteiger partial charge in [-0.3, -0.25) is 0 Å². The lowest BCUT2D eigenvalue weighted by molar-refractivity contribution is -0.237. The van der Waals surface area contributed by atoms with E-state index < -0.39 is 11.8 Å². The van der Waals surface area contributed by atoms with Crippen LogP contribution < -0.4 is 0 Å². The van der Waals surface area contributed by atoms with Crippen LogP contribution in [-0.2, 0) is 5.11 Å². The zero-order chi connectivity index (χ0) is 6.41. The third-order valence-electron chi connectivity index (χ3n) is 1.22. The van der Waals surface area contributed by atoms with Crippen molar-refractivity contribution in [1.82, 2.24) is 0 Å². The molecule has 0 spiro atoms. The van der Waals surface area contributed by atoms with Gasteiger partial charge < -0.3 is 0 Å². The molecule has 1 rings (SSSR count). The summed E-state index contributed by atoms with van der Waals surface area (Å²) in [5.41, 5.74) is -2.56. The number of hydrogen-bond donors (Lipinski definition) is 0. The first-order valence-electron chi connectivity index (χ1n) is 2.23. The molecule has 1 radical (unpaired) electrons. The average molecular weight is 125 g/mol. The summed E-state index contributed by atoms with van der Waals surface area (Å²) in [6, 6.07) is 0. The summed E-state index contributed by atoms with van der Waals surface area (Å²) < 4.78 is 33.9. The molecular formula is C4H4F3O. The van der Waals surface area contributed by atoms with Crippen LogP contribution in [0.1, 0.15) is 12.8 Å². The first-order chi connectivity index (χ1) is 3.46. The normalized spacial score (nSPS) is 25.5. The predicted molar refractivity (Wildman–Crippen MR) is 18.7 cm³/mol. The summed E-state index contributed by atoms with van der Waals surface area (Å²) in [6.45, 7) is 0. The highest BCUT2D eigenvalue weighted by molar-refractivity contribution is 4.99. The molecule has 0 unspecified atom stereocenters. The third kappa shape index (κ3) is 0.686. The van der Waals surface area contributed by atoms with Gasteiger partial charge in [-0.1, -0.05) is 0 Å². The van der Waals surface area contributed by atoms with Gasteiger partial charge in [0.1, 0.15) is 0 Å². The highest BCUT2D eigenvalue weighted by Crippen LogP contribution is 2.49. The van der Waals surface area contributed by atoms with Crippen molar-refractivity contribution in [2.24, 2.45) is 0 Å². The molecule has 0 aromatic heterocycles. The minimum absolute atomic E-state index is 0.240. The van der Waals surface area contributed by atoms with Crippen LogP contribution in [0, 0.1) is 0 Å². The lowest BCUT2D eigenvalue weighted by Crippen LogP contribution is -2.28. The molecule has 8 heavy (non-hydrogen) atoms. The van der Waals surface area contributed by atoms with Gasteiger partial charge >= 0.3 is 6.18 Å². The molecule has 1 fully saturated rings. The number of halogens is 3. The molecule has 0 aromatic rings. The van der Waals surface area contributed by atoms with E-state index >= 15 is 0 Å². The van der Waals surface area contributed by atoms with Gasteiger partial charge in [0.25, 0.3) is 0 Å². The number of hydrogen-bond acceptors (Lipinski definition) is 0. The van der Waals surface area contributed by atoms with Gasteiger partial charge in [-0.05, 0) is 12.8 Å². The molecule has 4 heteroatoms. The fourth-order valence-electron chi connectivity index (χ4n) is 0.397. The molecule has 0 bridgehead atoms. The van der Waals surface area contributed by atoms with Crippen LogP contribution in [0.5, 0.6) is 0 Å². The van der Waals surface area contributed by atoms with Crippen molar-refractivity contribution < 1.29 is 18.3 Å². The van der Waals surface area contributed by atoms with E-state index in [0.29, 0.717) is 0 Å². The number of rotatable bonds is 0. The van der Waals surface area contributed by atoms with Crippen LogP contribution in [0.15, 0.2) is 0 Å². The van der Waals surface area contributed by atoms with Crippen molar-refractivity contribution in [2.45, 2.75) is 24.6 Å². The minimum atomic E-state index is -4.51. The van der Waals surface area contributed by atoms with Gasteiger partial charge in [0.05, 0.1) is 0 Å². The third-order valence-corrected chi connectivity index (χ3v) is 1.22. The lowest BCUT2D eigenvalue weighted by Gasteiger charge is -2.07. The molecule has 0 amide bonds. The van der Waals surface area contributed by atoms with Crippen molar-refractivity contribution in [3.05, 3.63) is 0 Å². The maximum atomic E-state index is 11.3. The molecule has 1 aliphatic carbocycles. The monoisotopic (exact) mass is 125 g/mol. The average Bonchev–Trinajstić information content (AvgIpc) is 2.16. The van der Waals surface area contributed by atoms with Crippen molar-refractivity contribution in [2.75, 3.05) is 0 Å². The highest BCUT2D eigenvalue weighted by Gasteiger charge is 2.64. The van der Waals surface area contributed by atoms with Crippen molar-refractivity contribution in [3.8, 4) is 0 Å². The maximum absolute atomic E-state index is 11.3. The Morgan fingerprint density at radius 1 is 1.25 bits per heavy atom. The Labute approximate surface area is 44.1 Å². The first kappa shape index (κ1) is 5.88. The van der Waals surface area contributed by atoms with E-state index in [0.717, 1.165) is 0 Å².